The average Bonchev–Trinajstić information content (AvgIpc) is 2.42. The Morgan fingerprint density at radius 3 is 2.80 bits per heavy atom. The molecule has 0 aliphatic rings. The minimum absolute atomic E-state index is 0.433. The third-order valence-electron chi connectivity index (χ3n) is 2.65. The van der Waals surface area contributed by atoms with Crippen LogP contribution in [0.25, 0.3) is 0 Å². The Bertz CT molecular complexity index is 588. The second kappa shape index (κ2) is 7.32. The van der Waals surface area contributed by atoms with E-state index in [1.807, 2.05) is 12.1 Å². The van der Waals surface area contributed by atoms with Crippen LogP contribution in [0.15, 0.2) is 46.5 Å². The molecule has 0 amide bonds. The predicted molar refractivity (Wildman–Crippen MR) is 86.8 cm³/mol. The maximum atomic E-state index is 6.20. The SMILES string of the molecule is CC(C)NCc1cccnc1Sc1cc(Cl)ccc1Cl. The van der Waals surface area contributed by atoms with Crippen molar-refractivity contribution < 1.29 is 0 Å². The molecule has 1 aromatic carbocycles. The summed E-state index contributed by atoms with van der Waals surface area (Å²) in [6, 6.07) is 9.91. The van der Waals surface area contributed by atoms with Crippen LogP contribution in [-0.4, -0.2) is 11.0 Å². The summed E-state index contributed by atoms with van der Waals surface area (Å²) in [7, 11) is 0. The number of hydrogen-bond acceptors (Lipinski definition) is 3. The molecule has 2 aromatic rings. The van der Waals surface area contributed by atoms with Gasteiger partial charge >= 0.3 is 0 Å². The summed E-state index contributed by atoms with van der Waals surface area (Å²) in [5.74, 6) is 0. The van der Waals surface area contributed by atoms with Crippen molar-refractivity contribution in [3.63, 3.8) is 0 Å². The Labute approximate surface area is 133 Å². The van der Waals surface area contributed by atoms with Crippen molar-refractivity contribution in [1.29, 1.82) is 0 Å². The van der Waals surface area contributed by atoms with Gasteiger partial charge in [-0.3, -0.25) is 0 Å². The first-order valence-corrected chi connectivity index (χ1v) is 7.93. The summed E-state index contributed by atoms with van der Waals surface area (Å²) in [5, 5.41) is 5.71. The molecule has 106 valence electrons. The van der Waals surface area contributed by atoms with E-state index >= 15 is 0 Å². The Balaban J connectivity index is 2.22. The van der Waals surface area contributed by atoms with Crippen LogP contribution < -0.4 is 5.32 Å². The van der Waals surface area contributed by atoms with Crippen molar-refractivity contribution in [1.82, 2.24) is 10.3 Å². The topological polar surface area (TPSA) is 24.9 Å². The zero-order valence-corrected chi connectivity index (χ0v) is 13.7. The number of rotatable bonds is 5. The Kier molecular flexibility index (Phi) is 5.73. The summed E-state index contributed by atoms with van der Waals surface area (Å²) >= 11 is 13.8. The van der Waals surface area contributed by atoms with Crippen LogP contribution in [0.3, 0.4) is 0 Å². The lowest BCUT2D eigenvalue weighted by Crippen LogP contribution is -2.22. The van der Waals surface area contributed by atoms with Gasteiger partial charge in [-0.25, -0.2) is 4.98 Å². The third kappa shape index (κ3) is 4.38. The fourth-order valence-corrected chi connectivity index (χ4v) is 3.04. The number of pyridine rings is 1. The monoisotopic (exact) mass is 326 g/mol. The molecule has 0 spiro atoms. The molecular weight excluding hydrogens is 311 g/mol. The van der Waals surface area contributed by atoms with Gasteiger partial charge in [0.15, 0.2) is 0 Å². The molecule has 0 saturated heterocycles. The van der Waals surface area contributed by atoms with Crippen LogP contribution in [0.1, 0.15) is 19.4 Å². The number of aromatic nitrogens is 1. The molecule has 0 fully saturated rings. The normalized spacial score (nSPS) is 11.1. The molecule has 1 N–H and O–H groups in total. The van der Waals surface area contributed by atoms with Gasteiger partial charge in [-0.15, -0.1) is 0 Å². The van der Waals surface area contributed by atoms with Gasteiger partial charge in [0.2, 0.25) is 0 Å². The minimum Gasteiger partial charge on any atom is -0.310 e. The highest BCUT2D eigenvalue weighted by atomic mass is 35.5. The maximum absolute atomic E-state index is 6.20. The van der Waals surface area contributed by atoms with Gasteiger partial charge in [-0.2, -0.15) is 0 Å². The van der Waals surface area contributed by atoms with Crippen molar-refractivity contribution in [3.05, 3.63) is 52.1 Å². The van der Waals surface area contributed by atoms with Crippen molar-refractivity contribution in [3.8, 4) is 0 Å². The zero-order valence-electron chi connectivity index (χ0n) is 11.4. The number of halogens is 2. The molecule has 0 atom stereocenters. The lowest BCUT2D eigenvalue weighted by Gasteiger charge is -2.12. The first-order valence-electron chi connectivity index (χ1n) is 6.36. The van der Waals surface area contributed by atoms with Gasteiger partial charge in [0.1, 0.15) is 5.03 Å². The van der Waals surface area contributed by atoms with Gasteiger partial charge in [0.05, 0.1) is 5.02 Å². The van der Waals surface area contributed by atoms with Crippen LogP contribution >= 0.6 is 35.0 Å². The lowest BCUT2D eigenvalue weighted by atomic mass is 10.2. The second-order valence-electron chi connectivity index (χ2n) is 4.68. The number of nitrogens with one attached hydrogen (secondary N) is 1. The predicted octanol–water partition coefficient (Wildman–Crippen LogP) is 5.04. The Morgan fingerprint density at radius 1 is 1.25 bits per heavy atom. The summed E-state index contributed by atoms with van der Waals surface area (Å²) in [5.41, 5.74) is 1.15. The van der Waals surface area contributed by atoms with Crippen LogP contribution in [-0.2, 0) is 6.54 Å². The van der Waals surface area contributed by atoms with E-state index in [4.69, 9.17) is 23.2 Å². The van der Waals surface area contributed by atoms with E-state index in [-0.39, 0.29) is 0 Å². The zero-order chi connectivity index (χ0) is 14.5. The molecular formula is C15H16Cl2N2S. The van der Waals surface area contributed by atoms with Crippen molar-refractivity contribution in [2.75, 3.05) is 0 Å². The molecule has 0 bridgehead atoms. The van der Waals surface area contributed by atoms with Crippen LogP contribution in [0.4, 0.5) is 0 Å². The summed E-state index contributed by atoms with van der Waals surface area (Å²) in [4.78, 5) is 5.36. The standard InChI is InChI=1S/C15H16Cl2N2S/c1-10(2)19-9-11-4-3-7-18-15(11)20-14-8-12(16)5-6-13(14)17/h3-8,10,19H,9H2,1-2H3. The van der Waals surface area contributed by atoms with E-state index in [2.05, 4.69) is 30.2 Å². The van der Waals surface area contributed by atoms with Gasteiger partial charge in [0, 0.05) is 28.7 Å². The van der Waals surface area contributed by atoms with Gasteiger partial charge in [0.25, 0.3) is 0 Å². The van der Waals surface area contributed by atoms with E-state index in [0.717, 1.165) is 22.0 Å². The molecule has 2 rings (SSSR count). The van der Waals surface area contributed by atoms with E-state index in [1.165, 1.54) is 11.8 Å². The molecule has 0 aliphatic heterocycles. The number of benzene rings is 1. The average molecular weight is 327 g/mol. The second-order valence-corrected chi connectivity index (χ2v) is 6.55. The van der Waals surface area contributed by atoms with E-state index in [0.29, 0.717) is 16.1 Å². The Hall–Kier alpha value is -0.740. The quantitative estimate of drug-likeness (QED) is 0.833. The highest BCUT2D eigenvalue weighted by Gasteiger charge is 2.09. The highest BCUT2D eigenvalue weighted by molar-refractivity contribution is 7.99. The summed E-state index contributed by atoms with van der Waals surface area (Å²) < 4.78 is 0. The minimum atomic E-state index is 0.433. The first-order chi connectivity index (χ1) is 9.56. The fraction of sp³-hybridized carbons (Fsp3) is 0.267. The maximum Gasteiger partial charge on any atom is 0.105 e. The summed E-state index contributed by atoms with van der Waals surface area (Å²) in [6.45, 7) is 5.03. The van der Waals surface area contributed by atoms with Gasteiger partial charge in [-0.05, 0) is 29.8 Å². The van der Waals surface area contributed by atoms with Gasteiger partial charge in [-0.1, -0.05) is 54.9 Å². The fourth-order valence-electron chi connectivity index (χ4n) is 1.62. The molecule has 0 saturated carbocycles. The van der Waals surface area contributed by atoms with Gasteiger partial charge < -0.3 is 5.32 Å². The number of hydrogen-bond donors (Lipinski definition) is 1. The van der Waals surface area contributed by atoms with E-state index < -0.39 is 0 Å². The van der Waals surface area contributed by atoms with Crippen molar-refractivity contribution in [2.45, 2.75) is 36.4 Å². The van der Waals surface area contributed by atoms with Crippen molar-refractivity contribution in [2.24, 2.45) is 0 Å². The van der Waals surface area contributed by atoms with Crippen LogP contribution in [0.2, 0.25) is 10.0 Å². The molecule has 0 unspecified atom stereocenters. The molecule has 0 aliphatic carbocycles. The van der Waals surface area contributed by atoms with E-state index in [1.54, 1.807) is 18.3 Å². The number of nitrogens with zero attached hydrogens (tertiary/aromatic N) is 1. The highest BCUT2D eigenvalue weighted by Crippen LogP contribution is 2.35. The molecule has 5 heteroatoms. The smallest absolute Gasteiger partial charge is 0.105 e. The largest absolute Gasteiger partial charge is 0.310 e. The van der Waals surface area contributed by atoms with E-state index in [9.17, 15) is 0 Å². The molecule has 1 heterocycles. The first kappa shape index (κ1) is 15.6. The molecule has 2 nitrogen and oxygen atoms in total. The van der Waals surface area contributed by atoms with Crippen molar-refractivity contribution >= 4 is 35.0 Å². The third-order valence-corrected chi connectivity index (χ3v) is 4.45. The Morgan fingerprint density at radius 2 is 2.05 bits per heavy atom. The van der Waals surface area contributed by atoms with Crippen LogP contribution in [0.5, 0.6) is 0 Å². The molecule has 1 aromatic heterocycles. The summed E-state index contributed by atoms with van der Waals surface area (Å²) in [6.07, 6.45) is 1.79. The van der Waals surface area contributed by atoms with Crippen LogP contribution in [0, 0.1) is 0 Å². The molecule has 0 radical (unpaired) electrons. The lowest BCUT2D eigenvalue weighted by molar-refractivity contribution is 0.582. The molecule has 20 heavy (non-hydrogen) atoms.